The van der Waals surface area contributed by atoms with Crippen LogP contribution in [-0.2, 0) is 11.3 Å². The van der Waals surface area contributed by atoms with Crippen molar-refractivity contribution in [2.24, 2.45) is 5.92 Å². The van der Waals surface area contributed by atoms with Crippen molar-refractivity contribution in [1.82, 2.24) is 14.8 Å². The fourth-order valence-electron chi connectivity index (χ4n) is 2.96. The van der Waals surface area contributed by atoms with Crippen LogP contribution in [0.5, 0.6) is 0 Å². The summed E-state index contributed by atoms with van der Waals surface area (Å²) in [5.41, 5.74) is 1.60. The van der Waals surface area contributed by atoms with E-state index in [0.717, 1.165) is 25.2 Å². The zero-order chi connectivity index (χ0) is 15.6. The van der Waals surface area contributed by atoms with Crippen LogP contribution in [-0.4, -0.2) is 46.4 Å². The van der Waals surface area contributed by atoms with Crippen LogP contribution in [0.3, 0.4) is 0 Å². The molecule has 1 aliphatic heterocycles. The number of hydrogen-bond donors (Lipinski definition) is 1. The van der Waals surface area contributed by atoms with Crippen LogP contribution >= 0.6 is 0 Å². The molecule has 1 aromatic heterocycles. The first-order valence-electron chi connectivity index (χ1n) is 7.36. The Balaban J connectivity index is 1.88. The molecule has 1 amide bonds. The molecule has 0 bridgehead atoms. The molecule has 0 aromatic carbocycles. The van der Waals surface area contributed by atoms with Crippen molar-refractivity contribution < 1.29 is 4.79 Å². The van der Waals surface area contributed by atoms with Gasteiger partial charge in [0.25, 0.3) is 0 Å². The van der Waals surface area contributed by atoms with E-state index < -0.39 is 0 Å². The van der Waals surface area contributed by atoms with Gasteiger partial charge in [0, 0.05) is 37.8 Å². The number of rotatable bonds is 4. The molecule has 1 N–H and O–H groups in total. The highest BCUT2D eigenvalue weighted by Gasteiger charge is 2.36. The smallest absolute Gasteiger partial charge is 0.223 e. The first-order chi connectivity index (χ1) is 9.79. The number of H-pyrrole nitrogens is 1. The van der Waals surface area contributed by atoms with Gasteiger partial charge < -0.3 is 14.8 Å². The highest BCUT2D eigenvalue weighted by molar-refractivity contribution is 5.79. The summed E-state index contributed by atoms with van der Waals surface area (Å²) in [5.74, 6) is 0.644. The SMILES string of the molecule is CN(Cc1c[nH]c(C#N)c1)CC1CC(=O)N(C(C)(C)C)C1. The quantitative estimate of drug-likeness (QED) is 0.921. The van der Waals surface area contributed by atoms with Crippen molar-refractivity contribution in [3.8, 4) is 6.07 Å². The maximum absolute atomic E-state index is 12.1. The summed E-state index contributed by atoms with van der Waals surface area (Å²) in [5, 5.41) is 8.81. The molecule has 1 aliphatic rings. The molecule has 2 heterocycles. The number of aromatic amines is 1. The van der Waals surface area contributed by atoms with Crippen LogP contribution in [0.15, 0.2) is 12.3 Å². The van der Waals surface area contributed by atoms with E-state index in [0.29, 0.717) is 18.0 Å². The molecule has 0 radical (unpaired) electrons. The second kappa shape index (κ2) is 5.90. The molecular formula is C16H24N4O. The van der Waals surface area contributed by atoms with Gasteiger partial charge in [-0.25, -0.2) is 0 Å². The van der Waals surface area contributed by atoms with Crippen molar-refractivity contribution in [3.63, 3.8) is 0 Å². The highest BCUT2D eigenvalue weighted by Crippen LogP contribution is 2.26. The Morgan fingerprint density at radius 2 is 2.24 bits per heavy atom. The molecule has 1 unspecified atom stereocenters. The Kier molecular flexibility index (Phi) is 4.38. The minimum absolute atomic E-state index is 0.0905. The Morgan fingerprint density at radius 1 is 1.52 bits per heavy atom. The monoisotopic (exact) mass is 288 g/mol. The normalized spacial score (nSPS) is 19.3. The molecule has 21 heavy (non-hydrogen) atoms. The number of hydrogen-bond acceptors (Lipinski definition) is 3. The Labute approximate surface area is 126 Å². The third kappa shape index (κ3) is 3.85. The van der Waals surface area contributed by atoms with E-state index in [-0.39, 0.29) is 11.4 Å². The van der Waals surface area contributed by atoms with Crippen molar-refractivity contribution in [2.45, 2.75) is 39.3 Å². The van der Waals surface area contributed by atoms with E-state index in [2.05, 4.69) is 43.8 Å². The number of likely N-dealkylation sites (tertiary alicyclic amines) is 1. The zero-order valence-electron chi connectivity index (χ0n) is 13.3. The lowest BCUT2D eigenvalue weighted by molar-refractivity contribution is -0.131. The van der Waals surface area contributed by atoms with Crippen LogP contribution in [0.2, 0.25) is 0 Å². The van der Waals surface area contributed by atoms with Gasteiger partial charge in [-0.2, -0.15) is 5.26 Å². The lowest BCUT2D eigenvalue weighted by Crippen LogP contribution is -2.42. The average molecular weight is 288 g/mol. The molecule has 0 saturated carbocycles. The summed E-state index contributed by atoms with van der Waals surface area (Å²) in [6, 6.07) is 3.97. The van der Waals surface area contributed by atoms with Crippen LogP contribution in [0.25, 0.3) is 0 Å². The van der Waals surface area contributed by atoms with Crippen LogP contribution in [0, 0.1) is 17.2 Å². The molecule has 0 aliphatic carbocycles. The van der Waals surface area contributed by atoms with Gasteiger partial charge in [0.2, 0.25) is 5.91 Å². The number of nitrogens with zero attached hydrogens (tertiary/aromatic N) is 3. The summed E-state index contributed by atoms with van der Waals surface area (Å²) in [6.07, 6.45) is 2.51. The largest absolute Gasteiger partial charge is 0.353 e. The second-order valence-corrected chi connectivity index (χ2v) is 6.98. The topological polar surface area (TPSA) is 63.1 Å². The van der Waals surface area contributed by atoms with Crippen LogP contribution in [0.1, 0.15) is 38.4 Å². The molecule has 5 nitrogen and oxygen atoms in total. The van der Waals surface area contributed by atoms with Gasteiger partial charge in [0.05, 0.1) is 0 Å². The van der Waals surface area contributed by atoms with E-state index in [1.807, 2.05) is 17.2 Å². The molecular weight excluding hydrogens is 264 g/mol. The molecule has 114 valence electrons. The second-order valence-electron chi connectivity index (χ2n) is 6.98. The summed E-state index contributed by atoms with van der Waals surface area (Å²) in [7, 11) is 2.06. The molecule has 1 fully saturated rings. The third-order valence-corrected chi connectivity index (χ3v) is 3.90. The van der Waals surface area contributed by atoms with Gasteiger partial charge in [0.15, 0.2) is 0 Å². The fourth-order valence-corrected chi connectivity index (χ4v) is 2.96. The van der Waals surface area contributed by atoms with Gasteiger partial charge in [0.1, 0.15) is 11.8 Å². The molecule has 0 spiro atoms. The maximum atomic E-state index is 12.1. The summed E-state index contributed by atoms with van der Waals surface area (Å²) in [6.45, 7) is 8.77. The predicted molar refractivity (Wildman–Crippen MR) is 81.4 cm³/mol. The first-order valence-corrected chi connectivity index (χ1v) is 7.36. The van der Waals surface area contributed by atoms with Crippen molar-refractivity contribution in [2.75, 3.05) is 20.1 Å². The summed E-state index contributed by atoms with van der Waals surface area (Å²) >= 11 is 0. The first kappa shape index (κ1) is 15.6. The van der Waals surface area contributed by atoms with Crippen LogP contribution < -0.4 is 0 Å². The van der Waals surface area contributed by atoms with Gasteiger partial charge in [-0.3, -0.25) is 4.79 Å². The van der Waals surface area contributed by atoms with Crippen molar-refractivity contribution >= 4 is 5.91 Å². The molecule has 5 heteroatoms. The average Bonchev–Trinajstić information content (AvgIpc) is 2.95. The number of carbonyl (C=O) groups is 1. The molecule has 1 aromatic rings. The number of carbonyl (C=O) groups excluding carboxylic acids is 1. The standard InChI is InChI=1S/C16H24N4O/c1-16(2,3)20-11-13(6-15(20)21)10-19(4)9-12-5-14(7-17)18-8-12/h5,8,13,18H,6,9-11H2,1-4H3. The molecule has 1 atom stereocenters. The number of aromatic nitrogens is 1. The maximum Gasteiger partial charge on any atom is 0.223 e. The number of nitriles is 1. The number of nitrogens with one attached hydrogen (secondary N) is 1. The molecule has 2 rings (SSSR count). The lowest BCUT2D eigenvalue weighted by Gasteiger charge is -2.32. The van der Waals surface area contributed by atoms with E-state index in [1.54, 1.807) is 0 Å². The third-order valence-electron chi connectivity index (χ3n) is 3.90. The van der Waals surface area contributed by atoms with Gasteiger partial charge >= 0.3 is 0 Å². The van der Waals surface area contributed by atoms with Crippen molar-refractivity contribution in [3.05, 3.63) is 23.5 Å². The van der Waals surface area contributed by atoms with Gasteiger partial charge in [-0.05, 0) is 45.4 Å². The van der Waals surface area contributed by atoms with Crippen molar-refractivity contribution in [1.29, 1.82) is 5.26 Å². The summed E-state index contributed by atoms with van der Waals surface area (Å²) < 4.78 is 0. The van der Waals surface area contributed by atoms with E-state index >= 15 is 0 Å². The summed E-state index contributed by atoms with van der Waals surface area (Å²) in [4.78, 5) is 19.2. The Bertz CT molecular complexity index is 549. The van der Waals surface area contributed by atoms with E-state index in [1.165, 1.54) is 0 Å². The van der Waals surface area contributed by atoms with Gasteiger partial charge in [-0.1, -0.05) is 0 Å². The predicted octanol–water partition coefficient (Wildman–Crippen LogP) is 1.97. The fraction of sp³-hybridized carbons (Fsp3) is 0.625. The van der Waals surface area contributed by atoms with Crippen LogP contribution in [0.4, 0.5) is 0 Å². The Morgan fingerprint density at radius 3 is 2.76 bits per heavy atom. The van der Waals surface area contributed by atoms with Gasteiger partial charge in [-0.15, -0.1) is 0 Å². The Hall–Kier alpha value is -1.80. The van der Waals surface area contributed by atoms with E-state index in [4.69, 9.17) is 5.26 Å². The minimum Gasteiger partial charge on any atom is -0.353 e. The highest BCUT2D eigenvalue weighted by atomic mass is 16.2. The molecule has 1 saturated heterocycles. The van der Waals surface area contributed by atoms with E-state index in [9.17, 15) is 4.79 Å². The zero-order valence-corrected chi connectivity index (χ0v) is 13.3. The lowest BCUT2D eigenvalue weighted by atomic mass is 10.1. The minimum atomic E-state index is -0.0905. The number of amides is 1.